The molecule has 1 aliphatic rings. The van der Waals surface area contributed by atoms with Gasteiger partial charge in [0.2, 0.25) is 0 Å². The number of fused-ring (bicyclic) bond motifs is 1. The molecule has 0 bridgehead atoms. The van der Waals surface area contributed by atoms with Crippen LogP contribution in [-0.4, -0.2) is 35.6 Å². The van der Waals surface area contributed by atoms with Crippen molar-refractivity contribution in [1.82, 2.24) is 4.90 Å². The van der Waals surface area contributed by atoms with E-state index < -0.39 is 5.60 Å². The van der Waals surface area contributed by atoms with Gasteiger partial charge in [0.05, 0.1) is 17.0 Å². The van der Waals surface area contributed by atoms with Gasteiger partial charge in [-0.05, 0) is 37.7 Å². The van der Waals surface area contributed by atoms with Crippen LogP contribution in [-0.2, 0) is 0 Å². The molecule has 0 saturated heterocycles. The summed E-state index contributed by atoms with van der Waals surface area (Å²) in [5, 5.41) is 0.258. The van der Waals surface area contributed by atoms with Crippen LogP contribution in [0.5, 0.6) is 5.75 Å². The summed E-state index contributed by atoms with van der Waals surface area (Å²) < 4.78 is 5.81. The van der Waals surface area contributed by atoms with Crippen LogP contribution in [0.25, 0.3) is 0 Å². The predicted molar refractivity (Wildman–Crippen MR) is 80.0 cm³/mol. The Labute approximate surface area is 127 Å². The van der Waals surface area contributed by atoms with Crippen molar-refractivity contribution in [2.45, 2.75) is 30.8 Å². The van der Waals surface area contributed by atoms with Crippen molar-refractivity contribution in [3.63, 3.8) is 0 Å². The largest absolute Gasteiger partial charge is 0.487 e. The fraction of sp³-hybridized carbons (Fsp3) is 0.429. The van der Waals surface area contributed by atoms with Crippen LogP contribution in [0.1, 0.15) is 30.6 Å². The lowest BCUT2D eigenvalue weighted by atomic mass is 9.93. The van der Waals surface area contributed by atoms with E-state index in [2.05, 4.69) is 0 Å². The van der Waals surface area contributed by atoms with E-state index in [9.17, 15) is 9.59 Å². The number of halogens is 1. The van der Waals surface area contributed by atoms with Gasteiger partial charge in [0, 0.05) is 19.0 Å². The highest BCUT2D eigenvalue weighted by molar-refractivity contribution is 8.13. The van der Waals surface area contributed by atoms with Gasteiger partial charge in [0.25, 0.3) is 5.24 Å². The minimum Gasteiger partial charge on any atom is -0.487 e. The van der Waals surface area contributed by atoms with Gasteiger partial charge in [-0.15, -0.1) is 0 Å². The fourth-order valence-corrected chi connectivity index (χ4v) is 2.89. The Kier molecular flexibility index (Phi) is 4.02. The number of Topliss-reactive ketones (excluding diaryl/α,β-unsaturated/α-hetero) is 1. The second kappa shape index (κ2) is 5.30. The van der Waals surface area contributed by atoms with Gasteiger partial charge < -0.3 is 9.64 Å². The van der Waals surface area contributed by atoms with Crippen molar-refractivity contribution < 1.29 is 14.3 Å². The molecule has 0 atom stereocenters. The Balaban J connectivity index is 2.39. The Bertz CT molecular complexity index is 584. The third-order valence-corrected chi connectivity index (χ3v) is 4.39. The van der Waals surface area contributed by atoms with Crippen molar-refractivity contribution >= 4 is 34.4 Å². The molecule has 6 heteroatoms. The normalized spacial score (nSPS) is 16.4. The molecule has 1 heterocycles. The second-order valence-electron chi connectivity index (χ2n) is 5.50. The van der Waals surface area contributed by atoms with Crippen molar-refractivity contribution in [3.05, 3.63) is 22.7 Å². The number of ketones is 1. The first-order valence-electron chi connectivity index (χ1n) is 6.14. The zero-order valence-corrected chi connectivity index (χ0v) is 13.4. The molecule has 1 aliphatic heterocycles. The minimum absolute atomic E-state index is 0.00800. The lowest BCUT2D eigenvalue weighted by Crippen LogP contribution is -2.35. The SMILES string of the molecule is CN(C)C(=O)Sc1cc2c(cc1Cl)C(=O)CC(C)(C)O2. The number of amides is 1. The summed E-state index contributed by atoms with van der Waals surface area (Å²) in [4.78, 5) is 25.9. The topological polar surface area (TPSA) is 46.6 Å². The summed E-state index contributed by atoms with van der Waals surface area (Å²) in [6.45, 7) is 3.72. The lowest BCUT2D eigenvalue weighted by molar-refractivity contribution is 0.0618. The number of thioether (sulfide) groups is 1. The first kappa shape index (κ1) is 15.2. The molecule has 0 radical (unpaired) electrons. The first-order chi connectivity index (χ1) is 9.19. The molecule has 1 aromatic rings. The van der Waals surface area contributed by atoms with E-state index in [0.29, 0.717) is 27.7 Å². The molecule has 0 unspecified atom stereocenters. The number of ether oxygens (including phenoxy) is 1. The molecular weight excluding hydrogens is 298 g/mol. The maximum Gasteiger partial charge on any atom is 0.285 e. The van der Waals surface area contributed by atoms with Crippen LogP contribution in [0, 0.1) is 0 Å². The van der Waals surface area contributed by atoms with Crippen LogP contribution >= 0.6 is 23.4 Å². The van der Waals surface area contributed by atoms with Gasteiger partial charge in [0.15, 0.2) is 5.78 Å². The minimum atomic E-state index is -0.536. The van der Waals surface area contributed by atoms with E-state index in [-0.39, 0.29) is 11.0 Å². The highest BCUT2D eigenvalue weighted by Crippen LogP contribution is 2.40. The molecular formula is C14H16ClNO3S. The summed E-state index contributed by atoms with van der Waals surface area (Å²) in [6, 6.07) is 3.25. The van der Waals surface area contributed by atoms with E-state index >= 15 is 0 Å². The average molecular weight is 314 g/mol. The fourth-order valence-electron chi connectivity index (χ4n) is 1.92. The van der Waals surface area contributed by atoms with Crippen LogP contribution in [0.4, 0.5) is 4.79 Å². The third-order valence-electron chi connectivity index (χ3n) is 2.87. The van der Waals surface area contributed by atoms with Crippen molar-refractivity contribution in [1.29, 1.82) is 0 Å². The first-order valence-corrected chi connectivity index (χ1v) is 7.34. The zero-order valence-electron chi connectivity index (χ0n) is 11.8. The molecule has 0 saturated carbocycles. The number of rotatable bonds is 1. The Morgan fingerprint density at radius 3 is 2.65 bits per heavy atom. The number of carbonyl (C=O) groups is 2. The molecule has 1 aromatic carbocycles. The number of benzene rings is 1. The Morgan fingerprint density at radius 1 is 1.40 bits per heavy atom. The Morgan fingerprint density at radius 2 is 2.05 bits per heavy atom. The van der Waals surface area contributed by atoms with Crippen molar-refractivity contribution in [2.24, 2.45) is 0 Å². The smallest absolute Gasteiger partial charge is 0.285 e. The third kappa shape index (κ3) is 3.10. The highest BCUT2D eigenvalue weighted by Gasteiger charge is 2.33. The van der Waals surface area contributed by atoms with Gasteiger partial charge in [-0.3, -0.25) is 9.59 Å². The van der Waals surface area contributed by atoms with Gasteiger partial charge >= 0.3 is 0 Å². The summed E-state index contributed by atoms with van der Waals surface area (Å²) in [5.41, 5.74) is -0.0539. The number of nitrogens with zero attached hydrogens (tertiary/aromatic N) is 1. The van der Waals surface area contributed by atoms with Gasteiger partial charge in [-0.1, -0.05) is 11.6 Å². The van der Waals surface area contributed by atoms with E-state index in [1.807, 2.05) is 13.8 Å². The van der Waals surface area contributed by atoms with Crippen molar-refractivity contribution in [3.8, 4) is 5.75 Å². The van der Waals surface area contributed by atoms with Crippen molar-refractivity contribution in [2.75, 3.05) is 14.1 Å². The van der Waals surface area contributed by atoms with Gasteiger partial charge in [0.1, 0.15) is 11.4 Å². The predicted octanol–water partition coefficient (Wildman–Crippen LogP) is 3.86. The maximum atomic E-state index is 12.1. The standard InChI is InChI=1S/C14H16ClNO3S/c1-14(2)7-10(17)8-5-9(15)12(6-11(8)19-14)20-13(18)16(3)4/h5-6H,7H2,1-4H3. The van der Waals surface area contributed by atoms with E-state index in [1.54, 1.807) is 26.2 Å². The summed E-state index contributed by atoms with van der Waals surface area (Å²) in [6.07, 6.45) is 0.319. The van der Waals surface area contributed by atoms with E-state index in [1.165, 1.54) is 4.90 Å². The summed E-state index contributed by atoms with van der Waals surface area (Å²) in [7, 11) is 3.34. The quantitative estimate of drug-likeness (QED) is 0.739. The molecule has 0 N–H and O–H groups in total. The van der Waals surface area contributed by atoms with Crippen LogP contribution in [0.3, 0.4) is 0 Å². The summed E-state index contributed by atoms with van der Waals surface area (Å²) >= 11 is 7.16. The lowest BCUT2D eigenvalue weighted by Gasteiger charge is -2.32. The van der Waals surface area contributed by atoms with E-state index in [0.717, 1.165) is 11.8 Å². The molecule has 0 spiro atoms. The summed E-state index contributed by atoms with van der Waals surface area (Å²) in [5.74, 6) is 0.498. The highest BCUT2D eigenvalue weighted by atomic mass is 35.5. The van der Waals surface area contributed by atoms with Crippen LogP contribution in [0.15, 0.2) is 17.0 Å². The van der Waals surface area contributed by atoms with Crippen LogP contribution in [0.2, 0.25) is 5.02 Å². The number of hydrogen-bond donors (Lipinski definition) is 0. The van der Waals surface area contributed by atoms with E-state index in [4.69, 9.17) is 16.3 Å². The molecule has 0 aliphatic carbocycles. The zero-order chi connectivity index (χ0) is 15.1. The Hall–Kier alpha value is -1.20. The molecule has 108 valence electrons. The number of carbonyl (C=O) groups excluding carboxylic acids is 2. The van der Waals surface area contributed by atoms with Gasteiger partial charge in [-0.25, -0.2) is 0 Å². The van der Waals surface area contributed by atoms with Crippen LogP contribution < -0.4 is 4.74 Å². The number of hydrogen-bond acceptors (Lipinski definition) is 4. The maximum absolute atomic E-state index is 12.1. The molecule has 0 fully saturated rings. The monoisotopic (exact) mass is 313 g/mol. The molecule has 4 nitrogen and oxygen atoms in total. The van der Waals surface area contributed by atoms with Gasteiger partial charge in [-0.2, -0.15) is 0 Å². The molecule has 0 aromatic heterocycles. The molecule has 20 heavy (non-hydrogen) atoms. The molecule has 2 rings (SSSR count). The average Bonchev–Trinajstić information content (AvgIpc) is 2.30. The molecule has 1 amide bonds. The second-order valence-corrected chi connectivity index (χ2v) is 6.90.